The third kappa shape index (κ3) is 3.85. The number of aromatic nitrogens is 3. The van der Waals surface area contributed by atoms with Crippen molar-refractivity contribution < 1.29 is 4.79 Å². The summed E-state index contributed by atoms with van der Waals surface area (Å²) in [5.74, 6) is -0.435. The maximum atomic E-state index is 12.7. The number of nitrogens with zero attached hydrogens (tertiary/aromatic N) is 4. The van der Waals surface area contributed by atoms with E-state index in [2.05, 4.69) is 20.3 Å². The third-order valence-electron chi connectivity index (χ3n) is 4.69. The first-order chi connectivity index (χ1) is 13.2. The van der Waals surface area contributed by atoms with Crippen molar-refractivity contribution in [2.75, 3.05) is 18.0 Å². The molecule has 1 aliphatic rings. The van der Waals surface area contributed by atoms with Gasteiger partial charge in [0.2, 0.25) is 10.1 Å². The van der Waals surface area contributed by atoms with Gasteiger partial charge in [-0.2, -0.15) is 4.52 Å². The minimum atomic E-state index is -0.435. The molecule has 0 saturated carbocycles. The van der Waals surface area contributed by atoms with E-state index in [0.29, 0.717) is 11.5 Å². The summed E-state index contributed by atoms with van der Waals surface area (Å²) in [7, 11) is 0. The molecule has 1 saturated heterocycles. The number of carbonyl (C=O) groups is 1. The fraction of sp³-hybridized carbons (Fsp3) is 0.368. The number of amides is 1. The lowest BCUT2D eigenvalue weighted by molar-refractivity contribution is 0.0948. The average Bonchev–Trinajstić information content (AvgIpc) is 2.95. The van der Waals surface area contributed by atoms with Crippen LogP contribution in [0.15, 0.2) is 41.3 Å². The number of rotatable bonds is 4. The molecule has 0 unspecified atom stereocenters. The molecule has 0 bridgehead atoms. The first kappa shape index (κ1) is 17.7. The van der Waals surface area contributed by atoms with Gasteiger partial charge in [-0.25, -0.2) is 4.98 Å². The van der Waals surface area contributed by atoms with Gasteiger partial charge in [0.15, 0.2) is 0 Å². The van der Waals surface area contributed by atoms with Crippen molar-refractivity contribution in [3.63, 3.8) is 0 Å². The summed E-state index contributed by atoms with van der Waals surface area (Å²) >= 11 is 1.39. The summed E-state index contributed by atoms with van der Waals surface area (Å²) < 4.78 is 1.25. The lowest BCUT2D eigenvalue weighted by Crippen LogP contribution is -2.31. The van der Waals surface area contributed by atoms with Crippen LogP contribution in [0, 0.1) is 0 Å². The molecule has 0 spiro atoms. The topological polar surface area (TPSA) is 79.6 Å². The molecule has 0 atom stereocenters. The van der Waals surface area contributed by atoms with Crippen LogP contribution in [-0.2, 0) is 6.54 Å². The van der Waals surface area contributed by atoms with Crippen molar-refractivity contribution in [3.05, 3.63) is 58.0 Å². The fourth-order valence-corrected chi connectivity index (χ4v) is 4.11. The lowest BCUT2D eigenvalue weighted by Gasteiger charge is -2.17. The van der Waals surface area contributed by atoms with Crippen LogP contribution >= 0.6 is 11.3 Å². The minimum Gasteiger partial charge on any atom is -0.348 e. The normalized spacial score (nSPS) is 14.9. The molecule has 1 amide bonds. The maximum Gasteiger partial charge on any atom is 0.288 e. The van der Waals surface area contributed by atoms with Crippen LogP contribution in [0.4, 0.5) is 5.13 Å². The van der Waals surface area contributed by atoms with Gasteiger partial charge in [0.25, 0.3) is 11.5 Å². The van der Waals surface area contributed by atoms with Gasteiger partial charge in [-0.05, 0) is 18.4 Å². The molecule has 2 aromatic heterocycles. The van der Waals surface area contributed by atoms with Crippen LogP contribution in [-0.4, -0.2) is 33.6 Å². The van der Waals surface area contributed by atoms with Gasteiger partial charge in [0.05, 0.1) is 0 Å². The van der Waals surface area contributed by atoms with Crippen molar-refractivity contribution in [2.45, 2.75) is 32.2 Å². The van der Waals surface area contributed by atoms with E-state index in [1.165, 1.54) is 34.9 Å². The van der Waals surface area contributed by atoms with Crippen molar-refractivity contribution in [1.82, 2.24) is 19.9 Å². The predicted molar refractivity (Wildman–Crippen MR) is 105 cm³/mol. The van der Waals surface area contributed by atoms with Gasteiger partial charge in [-0.1, -0.05) is 54.5 Å². The number of hydrogen-bond donors (Lipinski definition) is 1. The molecule has 7 nitrogen and oxygen atoms in total. The van der Waals surface area contributed by atoms with E-state index in [1.807, 2.05) is 30.3 Å². The first-order valence-corrected chi connectivity index (χ1v) is 10.00. The van der Waals surface area contributed by atoms with Crippen molar-refractivity contribution in [1.29, 1.82) is 0 Å². The van der Waals surface area contributed by atoms with Crippen LogP contribution < -0.4 is 15.8 Å². The van der Waals surface area contributed by atoms with Gasteiger partial charge in [-0.15, -0.1) is 5.10 Å². The van der Waals surface area contributed by atoms with Gasteiger partial charge in [-0.3, -0.25) is 9.59 Å². The summed E-state index contributed by atoms with van der Waals surface area (Å²) in [4.78, 5) is 32.2. The molecule has 27 heavy (non-hydrogen) atoms. The number of nitrogens with one attached hydrogen (secondary N) is 1. The Labute approximate surface area is 160 Å². The second kappa shape index (κ2) is 7.87. The molecule has 3 heterocycles. The number of anilines is 1. The van der Waals surface area contributed by atoms with E-state index in [1.54, 1.807) is 0 Å². The molecule has 3 aromatic rings. The van der Waals surface area contributed by atoms with Gasteiger partial charge >= 0.3 is 0 Å². The average molecular weight is 383 g/mol. The van der Waals surface area contributed by atoms with Crippen LogP contribution in [0.1, 0.15) is 41.6 Å². The Hall–Kier alpha value is -2.74. The van der Waals surface area contributed by atoms with Gasteiger partial charge in [0, 0.05) is 25.8 Å². The van der Waals surface area contributed by atoms with E-state index in [-0.39, 0.29) is 5.56 Å². The van der Waals surface area contributed by atoms with Crippen LogP contribution in [0.2, 0.25) is 0 Å². The highest BCUT2D eigenvalue weighted by atomic mass is 32.1. The number of benzene rings is 1. The highest BCUT2D eigenvalue weighted by molar-refractivity contribution is 7.20. The highest BCUT2D eigenvalue weighted by Crippen LogP contribution is 2.24. The lowest BCUT2D eigenvalue weighted by atomic mass is 10.2. The van der Waals surface area contributed by atoms with Crippen molar-refractivity contribution in [3.8, 4) is 0 Å². The molecule has 8 heteroatoms. The van der Waals surface area contributed by atoms with E-state index in [9.17, 15) is 9.59 Å². The predicted octanol–water partition coefficient (Wildman–Crippen LogP) is 2.46. The SMILES string of the molecule is O=C(NCc1ccccc1)c1cnc2sc(N3CCCCCC3)nn2c1=O. The Kier molecular flexibility index (Phi) is 5.15. The molecule has 1 aliphatic heterocycles. The van der Waals surface area contributed by atoms with Gasteiger partial charge < -0.3 is 10.2 Å². The summed E-state index contributed by atoms with van der Waals surface area (Å²) in [5.41, 5.74) is 0.552. The molecule has 1 N–H and O–H groups in total. The van der Waals surface area contributed by atoms with E-state index < -0.39 is 11.5 Å². The number of hydrogen-bond acceptors (Lipinski definition) is 6. The second-order valence-corrected chi connectivity index (χ2v) is 7.56. The van der Waals surface area contributed by atoms with E-state index >= 15 is 0 Å². The van der Waals surface area contributed by atoms with Crippen LogP contribution in [0.3, 0.4) is 0 Å². The third-order valence-corrected chi connectivity index (χ3v) is 5.68. The Balaban J connectivity index is 1.56. The maximum absolute atomic E-state index is 12.7. The monoisotopic (exact) mass is 383 g/mol. The summed E-state index contributed by atoms with van der Waals surface area (Å²) in [5, 5.41) is 8.01. The van der Waals surface area contributed by atoms with Crippen molar-refractivity contribution >= 4 is 27.3 Å². The summed E-state index contributed by atoms with van der Waals surface area (Å²) in [6.45, 7) is 2.25. The zero-order valence-corrected chi connectivity index (χ0v) is 15.7. The largest absolute Gasteiger partial charge is 0.348 e. The summed E-state index contributed by atoms with van der Waals surface area (Å²) in [6, 6.07) is 9.57. The Morgan fingerprint density at radius 3 is 2.59 bits per heavy atom. The number of carbonyl (C=O) groups excluding carboxylic acids is 1. The van der Waals surface area contributed by atoms with Gasteiger partial charge in [0.1, 0.15) is 5.56 Å². The second-order valence-electron chi connectivity index (χ2n) is 6.63. The summed E-state index contributed by atoms with van der Waals surface area (Å²) in [6.07, 6.45) is 6.07. The minimum absolute atomic E-state index is 0.0103. The molecule has 140 valence electrons. The number of fused-ring (bicyclic) bond motifs is 1. The fourth-order valence-electron chi connectivity index (χ4n) is 3.19. The van der Waals surface area contributed by atoms with E-state index in [4.69, 9.17) is 0 Å². The molecule has 1 fully saturated rings. The van der Waals surface area contributed by atoms with E-state index in [0.717, 1.165) is 36.6 Å². The smallest absolute Gasteiger partial charge is 0.288 e. The standard InChI is InChI=1S/C19H21N5O2S/c25-16(20-12-14-8-4-3-5-9-14)15-13-21-18-24(17(15)26)22-19(27-18)23-10-6-1-2-7-11-23/h3-5,8-9,13H,1-2,6-7,10-12H2,(H,20,25). The zero-order valence-electron chi connectivity index (χ0n) is 14.9. The first-order valence-electron chi connectivity index (χ1n) is 9.18. The van der Waals surface area contributed by atoms with Crippen LogP contribution in [0.5, 0.6) is 0 Å². The molecule has 0 radical (unpaired) electrons. The Morgan fingerprint density at radius 2 is 1.85 bits per heavy atom. The molecule has 4 rings (SSSR count). The molecule has 0 aliphatic carbocycles. The highest BCUT2D eigenvalue weighted by Gasteiger charge is 2.19. The van der Waals surface area contributed by atoms with Crippen molar-refractivity contribution in [2.24, 2.45) is 0 Å². The quantitative estimate of drug-likeness (QED) is 0.749. The zero-order chi connectivity index (χ0) is 18.6. The molecule has 1 aromatic carbocycles. The Bertz CT molecular complexity index is 990. The molecular weight excluding hydrogens is 362 g/mol. The molecular formula is C19H21N5O2S. The Morgan fingerprint density at radius 1 is 1.11 bits per heavy atom. The van der Waals surface area contributed by atoms with Crippen LogP contribution in [0.25, 0.3) is 4.96 Å².